The Morgan fingerprint density at radius 1 is 1.12 bits per heavy atom. The van der Waals surface area contributed by atoms with E-state index in [0.29, 0.717) is 12.1 Å². The lowest BCUT2D eigenvalue weighted by molar-refractivity contribution is 0.135. The third kappa shape index (κ3) is 4.10. The van der Waals surface area contributed by atoms with Gasteiger partial charge in [-0.2, -0.15) is 5.10 Å². The summed E-state index contributed by atoms with van der Waals surface area (Å²) < 4.78 is 28.1. The van der Waals surface area contributed by atoms with Crippen LogP contribution in [0, 0.1) is 11.6 Å². The van der Waals surface area contributed by atoms with Crippen LogP contribution in [0.15, 0.2) is 60.9 Å². The number of aromatic nitrogens is 2. The number of aliphatic hydroxyl groups excluding tert-OH is 1. The molecule has 0 aliphatic rings. The first-order valence-corrected chi connectivity index (χ1v) is 8.00. The van der Waals surface area contributed by atoms with Gasteiger partial charge in [-0.3, -0.25) is 0 Å². The average molecular weight is 343 g/mol. The molecule has 3 rings (SSSR count). The summed E-state index contributed by atoms with van der Waals surface area (Å²) in [5, 5.41) is 17.7. The summed E-state index contributed by atoms with van der Waals surface area (Å²) in [6.07, 6.45) is 2.64. The van der Waals surface area contributed by atoms with Crippen LogP contribution in [0.3, 0.4) is 0 Å². The highest BCUT2D eigenvalue weighted by molar-refractivity contribution is 5.35. The second-order valence-electron chi connectivity index (χ2n) is 5.91. The van der Waals surface area contributed by atoms with E-state index in [1.807, 2.05) is 36.5 Å². The average Bonchev–Trinajstić information content (AvgIpc) is 3.16. The molecule has 0 bridgehead atoms. The van der Waals surface area contributed by atoms with E-state index in [-0.39, 0.29) is 6.04 Å². The molecule has 0 amide bonds. The molecule has 0 radical (unpaired) electrons. The van der Waals surface area contributed by atoms with Crippen molar-refractivity contribution in [2.75, 3.05) is 0 Å². The molecule has 2 unspecified atom stereocenters. The Morgan fingerprint density at radius 3 is 2.68 bits per heavy atom. The molecule has 2 atom stereocenters. The third-order valence-corrected chi connectivity index (χ3v) is 4.07. The molecular weight excluding hydrogens is 324 g/mol. The van der Waals surface area contributed by atoms with Crippen molar-refractivity contribution in [2.45, 2.75) is 25.6 Å². The van der Waals surface area contributed by atoms with E-state index in [1.54, 1.807) is 17.8 Å². The number of hydrogen-bond acceptors (Lipinski definition) is 3. The molecule has 0 aliphatic carbocycles. The van der Waals surface area contributed by atoms with Crippen molar-refractivity contribution < 1.29 is 13.9 Å². The first kappa shape index (κ1) is 17.3. The number of benzene rings is 2. The summed E-state index contributed by atoms with van der Waals surface area (Å²) in [7, 11) is 0. The van der Waals surface area contributed by atoms with Gasteiger partial charge in [-0.05, 0) is 48.4 Å². The predicted molar refractivity (Wildman–Crippen MR) is 91.2 cm³/mol. The predicted octanol–water partition coefficient (Wildman–Crippen LogP) is 3.36. The highest BCUT2D eigenvalue weighted by atomic mass is 19.2. The van der Waals surface area contributed by atoms with E-state index in [9.17, 15) is 13.9 Å². The zero-order valence-electron chi connectivity index (χ0n) is 13.7. The lowest BCUT2D eigenvalue weighted by Gasteiger charge is -2.21. The Kier molecular flexibility index (Phi) is 5.21. The minimum Gasteiger partial charge on any atom is -0.387 e. The second kappa shape index (κ2) is 7.55. The lowest BCUT2D eigenvalue weighted by atomic mass is 10.0. The number of hydrogen-bond donors (Lipinski definition) is 2. The van der Waals surface area contributed by atoms with Crippen molar-refractivity contribution in [1.82, 2.24) is 15.1 Å². The van der Waals surface area contributed by atoms with Crippen LogP contribution in [0.5, 0.6) is 0 Å². The molecule has 1 heterocycles. The summed E-state index contributed by atoms with van der Waals surface area (Å²) in [4.78, 5) is 0. The van der Waals surface area contributed by atoms with E-state index in [2.05, 4.69) is 10.4 Å². The van der Waals surface area contributed by atoms with Gasteiger partial charge < -0.3 is 10.4 Å². The number of rotatable bonds is 6. The molecule has 0 fully saturated rings. The van der Waals surface area contributed by atoms with Gasteiger partial charge in [-0.1, -0.05) is 18.2 Å². The van der Waals surface area contributed by atoms with Gasteiger partial charge in [0.1, 0.15) is 0 Å². The summed E-state index contributed by atoms with van der Waals surface area (Å²) in [6, 6.07) is 12.8. The molecule has 0 spiro atoms. The first-order valence-electron chi connectivity index (χ1n) is 8.00. The molecular formula is C19H19F2N3O. The SMILES string of the molecule is CC(NCc1cccc(-n2cccn2)c1)C(O)c1ccc(F)c(F)c1. The normalized spacial score (nSPS) is 13.6. The second-order valence-corrected chi connectivity index (χ2v) is 5.91. The van der Waals surface area contributed by atoms with Gasteiger partial charge in [0.15, 0.2) is 11.6 Å². The Labute approximate surface area is 144 Å². The monoisotopic (exact) mass is 343 g/mol. The van der Waals surface area contributed by atoms with Gasteiger partial charge in [0.2, 0.25) is 0 Å². The van der Waals surface area contributed by atoms with Gasteiger partial charge in [0.25, 0.3) is 0 Å². The van der Waals surface area contributed by atoms with E-state index in [0.717, 1.165) is 23.4 Å². The maximum absolute atomic E-state index is 13.3. The van der Waals surface area contributed by atoms with Crippen molar-refractivity contribution in [1.29, 1.82) is 0 Å². The number of halogens is 2. The topological polar surface area (TPSA) is 50.1 Å². The van der Waals surface area contributed by atoms with Crippen molar-refractivity contribution in [2.24, 2.45) is 0 Å². The summed E-state index contributed by atoms with van der Waals surface area (Å²) in [5.41, 5.74) is 2.31. The Morgan fingerprint density at radius 2 is 1.96 bits per heavy atom. The van der Waals surface area contributed by atoms with Crippen molar-refractivity contribution in [3.05, 3.63) is 83.7 Å². The molecule has 1 aromatic heterocycles. The molecule has 25 heavy (non-hydrogen) atoms. The largest absolute Gasteiger partial charge is 0.387 e. The standard InChI is InChI=1S/C19H19F2N3O/c1-13(19(25)15-6-7-17(20)18(21)11-15)22-12-14-4-2-5-16(10-14)24-9-3-8-23-24/h2-11,13,19,22,25H,12H2,1H3. The van der Waals surface area contributed by atoms with Gasteiger partial charge in [0.05, 0.1) is 11.8 Å². The zero-order chi connectivity index (χ0) is 17.8. The van der Waals surface area contributed by atoms with Crippen LogP contribution in [0.4, 0.5) is 8.78 Å². The van der Waals surface area contributed by atoms with Crippen LogP contribution in [-0.4, -0.2) is 20.9 Å². The highest BCUT2D eigenvalue weighted by Crippen LogP contribution is 2.20. The van der Waals surface area contributed by atoms with Crippen LogP contribution in [0.2, 0.25) is 0 Å². The number of nitrogens with zero attached hydrogens (tertiary/aromatic N) is 2. The molecule has 0 aliphatic heterocycles. The molecule has 6 heteroatoms. The van der Waals surface area contributed by atoms with Crippen LogP contribution < -0.4 is 5.32 Å². The third-order valence-electron chi connectivity index (χ3n) is 4.07. The minimum absolute atomic E-state index is 0.335. The highest BCUT2D eigenvalue weighted by Gasteiger charge is 2.17. The first-order chi connectivity index (χ1) is 12.0. The number of nitrogens with one attached hydrogen (secondary N) is 1. The van der Waals surface area contributed by atoms with Crippen LogP contribution in [0.1, 0.15) is 24.2 Å². The fourth-order valence-electron chi connectivity index (χ4n) is 2.61. The molecule has 3 aromatic rings. The minimum atomic E-state index is -0.962. The molecule has 0 saturated heterocycles. The van der Waals surface area contributed by atoms with Crippen molar-refractivity contribution in [3.8, 4) is 5.69 Å². The zero-order valence-corrected chi connectivity index (χ0v) is 13.7. The fourth-order valence-corrected chi connectivity index (χ4v) is 2.61. The van der Waals surface area contributed by atoms with E-state index in [4.69, 9.17) is 0 Å². The summed E-state index contributed by atoms with van der Waals surface area (Å²) >= 11 is 0. The van der Waals surface area contributed by atoms with Crippen molar-refractivity contribution >= 4 is 0 Å². The van der Waals surface area contributed by atoms with E-state index in [1.165, 1.54) is 6.07 Å². The van der Waals surface area contributed by atoms with E-state index < -0.39 is 17.7 Å². The van der Waals surface area contributed by atoms with Crippen LogP contribution >= 0.6 is 0 Å². The lowest BCUT2D eigenvalue weighted by Crippen LogP contribution is -2.31. The molecule has 0 saturated carbocycles. The van der Waals surface area contributed by atoms with Gasteiger partial charge in [-0.15, -0.1) is 0 Å². The summed E-state index contributed by atoms with van der Waals surface area (Å²) in [5.74, 6) is -1.89. The Bertz CT molecular complexity index is 836. The number of aliphatic hydroxyl groups is 1. The molecule has 2 N–H and O–H groups in total. The van der Waals surface area contributed by atoms with Crippen LogP contribution in [-0.2, 0) is 6.54 Å². The maximum Gasteiger partial charge on any atom is 0.159 e. The van der Waals surface area contributed by atoms with Gasteiger partial charge in [0, 0.05) is 25.0 Å². The fraction of sp³-hybridized carbons (Fsp3) is 0.211. The quantitative estimate of drug-likeness (QED) is 0.722. The van der Waals surface area contributed by atoms with Crippen LogP contribution in [0.25, 0.3) is 5.69 Å². The molecule has 4 nitrogen and oxygen atoms in total. The smallest absolute Gasteiger partial charge is 0.159 e. The Hall–Kier alpha value is -2.57. The molecule has 2 aromatic carbocycles. The van der Waals surface area contributed by atoms with Gasteiger partial charge in [-0.25, -0.2) is 13.5 Å². The Balaban J connectivity index is 1.64. The van der Waals surface area contributed by atoms with Gasteiger partial charge >= 0.3 is 0 Å². The van der Waals surface area contributed by atoms with E-state index >= 15 is 0 Å². The van der Waals surface area contributed by atoms with Crippen molar-refractivity contribution in [3.63, 3.8) is 0 Å². The summed E-state index contributed by atoms with van der Waals surface area (Å²) in [6.45, 7) is 2.32. The molecule has 130 valence electrons. The maximum atomic E-state index is 13.3.